The topological polar surface area (TPSA) is 61.1 Å². The lowest BCUT2D eigenvalue weighted by Crippen LogP contribution is -2.53. The van der Waals surface area contributed by atoms with Crippen LogP contribution in [0.1, 0.15) is 12.7 Å². The Labute approximate surface area is 171 Å². The Morgan fingerprint density at radius 2 is 1.73 bits per heavy atom. The number of halogens is 1. The molecule has 26 heavy (non-hydrogen) atoms. The summed E-state index contributed by atoms with van der Waals surface area (Å²) in [5, 5.41) is 3.34. The van der Waals surface area contributed by atoms with Gasteiger partial charge in [0.15, 0.2) is 5.96 Å². The van der Waals surface area contributed by atoms with Gasteiger partial charge in [0, 0.05) is 45.7 Å². The summed E-state index contributed by atoms with van der Waals surface area (Å²) in [6.07, 6.45) is 0. The quantitative estimate of drug-likeness (QED) is 0.428. The van der Waals surface area contributed by atoms with E-state index in [4.69, 9.17) is 4.42 Å². The largest absolute Gasteiger partial charge is 0.459 e. The molecule has 140 valence electrons. The first-order valence-electron chi connectivity index (χ1n) is 8.52. The van der Waals surface area contributed by atoms with Crippen molar-refractivity contribution >= 4 is 35.8 Å². The van der Waals surface area contributed by atoms with Gasteiger partial charge in [-0.1, -0.05) is 30.3 Å². The van der Waals surface area contributed by atoms with Gasteiger partial charge < -0.3 is 19.5 Å². The van der Waals surface area contributed by atoms with Crippen LogP contribution >= 0.6 is 24.0 Å². The Hall–Kier alpha value is -2.03. The Bertz CT molecular complexity index is 737. The zero-order valence-corrected chi connectivity index (χ0v) is 17.5. The zero-order chi connectivity index (χ0) is 17.6. The molecule has 2 aromatic rings. The molecule has 3 rings (SSSR count). The van der Waals surface area contributed by atoms with Gasteiger partial charge in [-0.25, -0.2) is 0 Å². The average molecular weight is 468 g/mol. The standard InChI is InChI=1S/C19H24N4O2.HI/c1-15(24)22-10-12-23(13-11-22)19(20-2)21-14-17-8-9-18(25-17)16-6-4-3-5-7-16;/h3-9H,10-14H2,1-2H3,(H,20,21);1H. The molecule has 6 nitrogen and oxygen atoms in total. The van der Waals surface area contributed by atoms with Gasteiger partial charge in [0.25, 0.3) is 0 Å². The number of hydrogen-bond donors (Lipinski definition) is 1. The number of benzene rings is 1. The van der Waals surface area contributed by atoms with Gasteiger partial charge in [0.05, 0.1) is 6.54 Å². The van der Waals surface area contributed by atoms with Crippen molar-refractivity contribution in [3.63, 3.8) is 0 Å². The number of carbonyl (C=O) groups excluding carboxylic acids is 1. The van der Waals surface area contributed by atoms with Crippen LogP contribution in [-0.4, -0.2) is 54.9 Å². The monoisotopic (exact) mass is 468 g/mol. The van der Waals surface area contributed by atoms with Crippen LogP contribution in [0.4, 0.5) is 0 Å². The number of carbonyl (C=O) groups is 1. The van der Waals surface area contributed by atoms with Crippen LogP contribution in [0.25, 0.3) is 11.3 Å². The molecule has 0 unspecified atom stereocenters. The third kappa shape index (κ3) is 5.00. The molecular formula is C19H25IN4O2. The lowest BCUT2D eigenvalue weighted by atomic mass is 10.2. The van der Waals surface area contributed by atoms with E-state index < -0.39 is 0 Å². The molecule has 0 aliphatic carbocycles. The van der Waals surface area contributed by atoms with Crippen molar-refractivity contribution in [3.05, 3.63) is 48.2 Å². The van der Waals surface area contributed by atoms with E-state index in [-0.39, 0.29) is 29.9 Å². The predicted octanol–water partition coefficient (Wildman–Crippen LogP) is 2.80. The SMILES string of the molecule is CN=C(NCc1ccc(-c2ccccc2)o1)N1CCN(C(C)=O)CC1.I. The third-order valence-electron chi connectivity index (χ3n) is 4.38. The van der Waals surface area contributed by atoms with Gasteiger partial charge in [-0.3, -0.25) is 9.79 Å². The summed E-state index contributed by atoms with van der Waals surface area (Å²) in [7, 11) is 1.78. The van der Waals surface area contributed by atoms with Crippen molar-refractivity contribution in [1.29, 1.82) is 0 Å². The lowest BCUT2D eigenvalue weighted by Gasteiger charge is -2.36. The Balaban J connectivity index is 0.00000243. The van der Waals surface area contributed by atoms with E-state index in [0.717, 1.165) is 49.2 Å². The molecule has 1 fully saturated rings. The molecular weight excluding hydrogens is 443 g/mol. The highest BCUT2D eigenvalue weighted by atomic mass is 127. The summed E-state index contributed by atoms with van der Waals surface area (Å²) >= 11 is 0. The molecule has 0 bridgehead atoms. The minimum atomic E-state index is 0. The van der Waals surface area contributed by atoms with E-state index in [0.29, 0.717) is 6.54 Å². The van der Waals surface area contributed by atoms with Crippen molar-refractivity contribution in [2.75, 3.05) is 33.2 Å². The Morgan fingerprint density at radius 3 is 2.35 bits per heavy atom. The Morgan fingerprint density at radius 1 is 1.08 bits per heavy atom. The van der Waals surface area contributed by atoms with Gasteiger partial charge >= 0.3 is 0 Å². The fourth-order valence-corrected chi connectivity index (χ4v) is 2.96. The molecule has 2 heterocycles. The van der Waals surface area contributed by atoms with Crippen molar-refractivity contribution in [2.45, 2.75) is 13.5 Å². The third-order valence-corrected chi connectivity index (χ3v) is 4.38. The average Bonchev–Trinajstić information content (AvgIpc) is 3.12. The van der Waals surface area contributed by atoms with E-state index >= 15 is 0 Å². The van der Waals surface area contributed by atoms with Crippen molar-refractivity contribution in [2.24, 2.45) is 4.99 Å². The molecule has 1 aliphatic rings. The zero-order valence-electron chi connectivity index (χ0n) is 15.1. The number of aliphatic imine (C=N–C) groups is 1. The highest BCUT2D eigenvalue weighted by molar-refractivity contribution is 14.0. The van der Waals surface area contributed by atoms with Crippen LogP contribution in [0, 0.1) is 0 Å². The van der Waals surface area contributed by atoms with E-state index in [9.17, 15) is 4.79 Å². The minimum absolute atomic E-state index is 0. The molecule has 1 aromatic heterocycles. The molecule has 1 aliphatic heterocycles. The molecule has 1 saturated heterocycles. The maximum atomic E-state index is 11.4. The van der Waals surface area contributed by atoms with Crippen LogP contribution in [0.15, 0.2) is 51.9 Å². The second kappa shape index (κ2) is 9.61. The fourth-order valence-electron chi connectivity index (χ4n) is 2.96. The van der Waals surface area contributed by atoms with Crippen molar-refractivity contribution < 1.29 is 9.21 Å². The molecule has 1 N–H and O–H groups in total. The molecule has 1 amide bonds. The normalized spacial score (nSPS) is 14.8. The van der Waals surface area contributed by atoms with Gasteiger partial charge in [-0.15, -0.1) is 24.0 Å². The number of piperazine rings is 1. The number of nitrogens with zero attached hydrogens (tertiary/aromatic N) is 3. The molecule has 0 radical (unpaired) electrons. The van der Waals surface area contributed by atoms with Gasteiger partial charge in [-0.2, -0.15) is 0 Å². The second-order valence-electron chi connectivity index (χ2n) is 6.03. The lowest BCUT2D eigenvalue weighted by molar-refractivity contribution is -0.130. The van der Waals surface area contributed by atoms with Crippen molar-refractivity contribution in [3.8, 4) is 11.3 Å². The number of rotatable bonds is 3. The summed E-state index contributed by atoms with van der Waals surface area (Å²) in [5.41, 5.74) is 1.07. The second-order valence-corrected chi connectivity index (χ2v) is 6.03. The highest BCUT2D eigenvalue weighted by Gasteiger charge is 2.20. The number of hydrogen-bond acceptors (Lipinski definition) is 3. The first-order valence-corrected chi connectivity index (χ1v) is 8.52. The maximum absolute atomic E-state index is 11.4. The van der Waals surface area contributed by atoms with Crippen LogP contribution in [0.5, 0.6) is 0 Å². The summed E-state index contributed by atoms with van der Waals surface area (Å²) in [4.78, 5) is 19.8. The van der Waals surface area contributed by atoms with E-state index in [1.807, 2.05) is 47.4 Å². The molecule has 0 atom stereocenters. The van der Waals surface area contributed by atoms with Crippen LogP contribution in [-0.2, 0) is 11.3 Å². The van der Waals surface area contributed by atoms with E-state index in [1.54, 1.807) is 14.0 Å². The first-order chi connectivity index (χ1) is 12.2. The highest BCUT2D eigenvalue weighted by Crippen LogP contribution is 2.21. The van der Waals surface area contributed by atoms with Crippen LogP contribution in [0.2, 0.25) is 0 Å². The smallest absolute Gasteiger partial charge is 0.219 e. The van der Waals surface area contributed by atoms with E-state index in [1.165, 1.54) is 0 Å². The number of guanidine groups is 1. The molecule has 7 heteroatoms. The fraction of sp³-hybridized carbons (Fsp3) is 0.368. The Kier molecular flexibility index (Phi) is 7.50. The van der Waals surface area contributed by atoms with E-state index in [2.05, 4.69) is 15.2 Å². The summed E-state index contributed by atoms with van der Waals surface area (Å²) in [6, 6.07) is 14.0. The van der Waals surface area contributed by atoms with Crippen LogP contribution in [0.3, 0.4) is 0 Å². The predicted molar refractivity (Wildman–Crippen MR) is 114 cm³/mol. The van der Waals surface area contributed by atoms with Crippen molar-refractivity contribution in [1.82, 2.24) is 15.1 Å². The van der Waals surface area contributed by atoms with Gasteiger partial charge in [0.1, 0.15) is 11.5 Å². The summed E-state index contributed by atoms with van der Waals surface area (Å²) < 4.78 is 5.91. The first kappa shape index (κ1) is 20.3. The maximum Gasteiger partial charge on any atom is 0.219 e. The molecule has 1 aromatic carbocycles. The summed E-state index contributed by atoms with van der Waals surface area (Å²) in [6.45, 7) is 5.22. The van der Waals surface area contributed by atoms with Crippen LogP contribution < -0.4 is 5.32 Å². The summed E-state index contributed by atoms with van der Waals surface area (Å²) in [5.74, 6) is 2.69. The van der Waals surface area contributed by atoms with Gasteiger partial charge in [-0.05, 0) is 12.1 Å². The minimum Gasteiger partial charge on any atom is -0.459 e. The number of nitrogens with one attached hydrogen (secondary N) is 1. The van der Waals surface area contributed by atoms with Gasteiger partial charge in [0.2, 0.25) is 5.91 Å². The number of furan rings is 1. The molecule has 0 spiro atoms. The number of amides is 1. The molecule has 0 saturated carbocycles.